The first kappa shape index (κ1) is 11.9. The van der Waals surface area contributed by atoms with Crippen LogP contribution in [0.4, 0.5) is 0 Å². The van der Waals surface area contributed by atoms with Crippen molar-refractivity contribution in [2.75, 3.05) is 13.7 Å². The lowest BCUT2D eigenvalue weighted by atomic mass is 10.2. The zero-order chi connectivity index (χ0) is 11.8. The topological polar surface area (TPSA) is 35.5 Å². The zero-order valence-electron chi connectivity index (χ0n) is 8.97. The maximum absolute atomic E-state index is 11.6. The largest absolute Gasteiger partial charge is 0.496 e. The lowest BCUT2D eigenvalue weighted by Gasteiger charge is -2.06. The molecule has 0 aliphatic heterocycles. The monoisotopic (exact) mass is 216 g/mol. The van der Waals surface area contributed by atoms with Gasteiger partial charge in [-0.2, -0.15) is 0 Å². The van der Waals surface area contributed by atoms with Gasteiger partial charge >= 0.3 is 5.97 Å². The van der Waals surface area contributed by atoms with Crippen molar-refractivity contribution in [3.63, 3.8) is 0 Å². The fourth-order valence-electron chi connectivity index (χ4n) is 1.13. The third-order valence-corrected chi connectivity index (χ3v) is 1.85. The summed E-state index contributed by atoms with van der Waals surface area (Å²) in [7, 11) is 1.50. The number of methoxy groups -OCH3 is 1. The lowest BCUT2D eigenvalue weighted by Crippen LogP contribution is -2.06. The van der Waals surface area contributed by atoms with Gasteiger partial charge < -0.3 is 9.47 Å². The molecule has 0 unspecified atom stereocenters. The van der Waals surface area contributed by atoms with Gasteiger partial charge in [-0.3, -0.25) is 0 Å². The van der Waals surface area contributed by atoms with Crippen LogP contribution in [0, 0.1) is 12.3 Å². The number of rotatable bonds is 4. The van der Waals surface area contributed by atoms with Crippen molar-refractivity contribution in [2.24, 2.45) is 0 Å². The van der Waals surface area contributed by atoms with Crippen LogP contribution in [0.2, 0.25) is 0 Å². The van der Waals surface area contributed by atoms with E-state index in [-0.39, 0.29) is 6.61 Å². The van der Waals surface area contributed by atoms with E-state index >= 15 is 0 Å². The molecule has 0 N–H and O–H groups in total. The first-order valence-electron chi connectivity index (χ1n) is 4.71. The van der Waals surface area contributed by atoms with Gasteiger partial charge in [0.1, 0.15) is 17.9 Å². The van der Waals surface area contributed by atoms with Gasteiger partial charge in [-0.1, -0.05) is 18.1 Å². The highest BCUT2D eigenvalue weighted by atomic mass is 16.5. The van der Waals surface area contributed by atoms with Crippen molar-refractivity contribution in [2.45, 2.75) is 0 Å². The van der Waals surface area contributed by atoms with E-state index in [1.807, 2.05) is 0 Å². The molecule has 1 aromatic rings. The number of terminal acetylenes is 1. The second-order valence-electron chi connectivity index (χ2n) is 2.87. The molecule has 0 saturated carbocycles. The molecule has 3 heteroatoms. The summed E-state index contributed by atoms with van der Waals surface area (Å²) >= 11 is 0. The summed E-state index contributed by atoms with van der Waals surface area (Å²) in [4.78, 5) is 11.6. The molecule has 0 aliphatic rings. The van der Waals surface area contributed by atoms with Gasteiger partial charge in [-0.05, 0) is 24.3 Å². The van der Waals surface area contributed by atoms with Crippen LogP contribution in [0.15, 0.2) is 36.4 Å². The fourth-order valence-corrected chi connectivity index (χ4v) is 1.13. The summed E-state index contributed by atoms with van der Waals surface area (Å²) in [6.07, 6.45) is 8.08. The summed E-state index contributed by atoms with van der Waals surface area (Å²) < 4.78 is 10.0. The minimum atomic E-state index is -0.431. The minimum Gasteiger partial charge on any atom is -0.496 e. The normalized spacial score (nSPS) is 9.75. The van der Waals surface area contributed by atoms with E-state index in [4.69, 9.17) is 15.9 Å². The van der Waals surface area contributed by atoms with Crippen molar-refractivity contribution in [3.8, 4) is 18.1 Å². The Hall–Kier alpha value is -2.21. The molecule has 0 aliphatic carbocycles. The number of esters is 1. The summed E-state index contributed by atoms with van der Waals surface area (Å²) in [6, 6.07) is 6.88. The van der Waals surface area contributed by atoms with E-state index in [9.17, 15) is 4.79 Å². The second-order valence-corrected chi connectivity index (χ2v) is 2.87. The average Bonchev–Trinajstić information content (AvgIpc) is 2.34. The van der Waals surface area contributed by atoms with Crippen LogP contribution in [-0.2, 0) is 4.74 Å². The summed E-state index contributed by atoms with van der Waals surface area (Å²) in [5.74, 6) is 2.37. The number of hydrogen-bond donors (Lipinski definition) is 0. The maximum atomic E-state index is 11.6. The minimum absolute atomic E-state index is 0.154. The van der Waals surface area contributed by atoms with Crippen molar-refractivity contribution in [1.82, 2.24) is 0 Å². The molecule has 0 heterocycles. The Labute approximate surface area is 94.7 Å². The van der Waals surface area contributed by atoms with Gasteiger partial charge in [0.25, 0.3) is 0 Å². The molecule has 16 heavy (non-hydrogen) atoms. The summed E-state index contributed by atoms with van der Waals surface area (Å²) in [5.41, 5.74) is 0.402. The molecule has 82 valence electrons. The Balaban J connectivity index is 2.66. The van der Waals surface area contributed by atoms with Crippen LogP contribution in [-0.4, -0.2) is 19.7 Å². The lowest BCUT2D eigenvalue weighted by molar-refractivity contribution is 0.0546. The molecule has 3 nitrogen and oxygen atoms in total. The molecule has 1 aromatic carbocycles. The SMILES string of the molecule is C#C/C=C/COC(=O)c1ccccc1OC. The standard InChI is InChI=1S/C13H12O3/c1-3-4-7-10-16-13(14)11-8-5-6-9-12(11)15-2/h1,4-9H,10H2,2H3/b7-4+. The number of hydrogen-bond acceptors (Lipinski definition) is 3. The number of ether oxygens (including phenoxy) is 2. The Morgan fingerprint density at radius 3 is 2.94 bits per heavy atom. The number of allylic oxidation sites excluding steroid dienone is 1. The predicted octanol–water partition coefficient (Wildman–Crippen LogP) is 2.04. The molecule has 0 spiro atoms. The highest BCUT2D eigenvalue weighted by Crippen LogP contribution is 2.17. The molecule has 0 amide bonds. The smallest absolute Gasteiger partial charge is 0.342 e. The molecule has 0 radical (unpaired) electrons. The highest BCUT2D eigenvalue weighted by molar-refractivity contribution is 5.92. The molecule has 0 fully saturated rings. The highest BCUT2D eigenvalue weighted by Gasteiger charge is 2.11. The third-order valence-electron chi connectivity index (χ3n) is 1.85. The molecular weight excluding hydrogens is 204 g/mol. The van der Waals surface area contributed by atoms with Gasteiger partial charge in [0, 0.05) is 0 Å². The predicted molar refractivity (Wildman–Crippen MR) is 61.2 cm³/mol. The van der Waals surface area contributed by atoms with E-state index < -0.39 is 5.97 Å². The Kier molecular flexibility index (Phi) is 4.68. The average molecular weight is 216 g/mol. The van der Waals surface area contributed by atoms with Gasteiger partial charge in [0.2, 0.25) is 0 Å². The van der Waals surface area contributed by atoms with Gasteiger partial charge in [0.15, 0.2) is 0 Å². The number of carbonyl (C=O) groups excluding carboxylic acids is 1. The second kappa shape index (κ2) is 6.31. The maximum Gasteiger partial charge on any atom is 0.342 e. The van der Waals surface area contributed by atoms with Crippen LogP contribution in [0.5, 0.6) is 5.75 Å². The van der Waals surface area contributed by atoms with Crippen molar-refractivity contribution in [3.05, 3.63) is 42.0 Å². The quantitative estimate of drug-likeness (QED) is 0.570. The summed E-state index contributed by atoms with van der Waals surface area (Å²) in [5, 5.41) is 0. The Morgan fingerprint density at radius 1 is 1.50 bits per heavy atom. The van der Waals surface area contributed by atoms with E-state index in [0.29, 0.717) is 11.3 Å². The third kappa shape index (κ3) is 3.18. The number of benzene rings is 1. The fraction of sp³-hybridized carbons (Fsp3) is 0.154. The molecule has 0 aromatic heterocycles. The van der Waals surface area contributed by atoms with Crippen molar-refractivity contribution >= 4 is 5.97 Å². The Bertz CT molecular complexity index is 427. The van der Waals surface area contributed by atoms with E-state index in [1.165, 1.54) is 13.2 Å². The molecule has 0 bridgehead atoms. The van der Waals surface area contributed by atoms with Crippen molar-refractivity contribution in [1.29, 1.82) is 0 Å². The summed E-state index contributed by atoms with van der Waals surface area (Å²) in [6.45, 7) is 0.154. The molecule has 0 saturated heterocycles. The van der Waals surface area contributed by atoms with Crippen molar-refractivity contribution < 1.29 is 14.3 Å². The molecule has 0 atom stereocenters. The van der Waals surface area contributed by atoms with Gasteiger partial charge in [-0.25, -0.2) is 4.79 Å². The van der Waals surface area contributed by atoms with E-state index in [2.05, 4.69) is 5.92 Å². The van der Waals surface area contributed by atoms with Crippen LogP contribution < -0.4 is 4.74 Å². The van der Waals surface area contributed by atoms with Gasteiger partial charge in [0.05, 0.1) is 7.11 Å². The molecular formula is C13H12O3. The first-order chi connectivity index (χ1) is 7.79. The van der Waals surface area contributed by atoms with Crippen LogP contribution >= 0.6 is 0 Å². The molecule has 1 rings (SSSR count). The zero-order valence-corrected chi connectivity index (χ0v) is 8.97. The van der Waals surface area contributed by atoms with E-state index in [1.54, 1.807) is 30.3 Å². The number of para-hydroxylation sites is 1. The van der Waals surface area contributed by atoms with Crippen LogP contribution in [0.1, 0.15) is 10.4 Å². The first-order valence-corrected chi connectivity index (χ1v) is 4.71. The van der Waals surface area contributed by atoms with E-state index in [0.717, 1.165) is 0 Å². The van der Waals surface area contributed by atoms with Gasteiger partial charge in [-0.15, -0.1) is 6.42 Å². The number of carbonyl (C=O) groups is 1. The van der Waals surface area contributed by atoms with Crippen LogP contribution in [0.25, 0.3) is 0 Å². The Morgan fingerprint density at radius 2 is 2.25 bits per heavy atom. The van der Waals surface area contributed by atoms with Crippen LogP contribution in [0.3, 0.4) is 0 Å².